The summed E-state index contributed by atoms with van der Waals surface area (Å²) in [7, 11) is 0. The minimum atomic E-state index is -1.08. The molecule has 6 nitrogen and oxygen atoms in total. The molecule has 1 heterocycles. The number of carbonyl (C=O) groups excluding carboxylic acids is 2. The molecule has 0 aromatic heterocycles. The molecule has 1 rings (SSSR count). The first-order valence-corrected chi connectivity index (χ1v) is 6.58. The van der Waals surface area contributed by atoms with Crippen LogP contribution in [-0.2, 0) is 14.4 Å². The van der Waals surface area contributed by atoms with E-state index >= 15 is 0 Å². The van der Waals surface area contributed by atoms with E-state index in [1.54, 1.807) is 4.90 Å². The predicted octanol–water partition coefficient (Wildman–Crippen LogP) is -0.459. The lowest BCUT2D eigenvalue weighted by molar-refractivity contribution is -0.139. The zero-order valence-corrected chi connectivity index (χ0v) is 10.2. The molecule has 1 atom stereocenters. The van der Waals surface area contributed by atoms with Crippen molar-refractivity contribution in [3.63, 3.8) is 0 Å². The Bertz CT molecular complexity index is 292. The summed E-state index contributed by atoms with van der Waals surface area (Å²) in [5.74, 6) is -0.571. The van der Waals surface area contributed by atoms with Crippen LogP contribution in [-0.4, -0.2) is 58.9 Å². The van der Waals surface area contributed by atoms with Crippen molar-refractivity contribution in [3.8, 4) is 0 Å². The van der Waals surface area contributed by atoms with Gasteiger partial charge in [-0.2, -0.15) is 0 Å². The van der Waals surface area contributed by atoms with Crippen LogP contribution < -0.4 is 5.32 Å². The number of hydrogen-bond acceptors (Lipinski definition) is 4. The topological polar surface area (TPSA) is 86.7 Å². The Morgan fingerprint density at radius 3 is 2.59 bits per heavy atom. The third-order valence-corrected chi connectivity index (χ3v) is 3.56. The van der Waals surface area contributed by atoms with Gasteiger partial charge in [-0.3, -0.25) is 9.59 Å². The van der Waals surface area contributed by atoms with Gasteiger partial charge < -0.3 is 15.3 Å². The number of aliphatic carboxylic acids is 1. The van der Waals surface area contributed by atoms with E-state index in [4.69, 9.17) is 5.11 Å². The lowest BCUT2D eigenvalue weighted by Gasteiger charge is -2.15. The maximum absolute atomic E-state index is 11.6. The zero-order chi connectivity index (χ0) is 12.7. The average Bonchev–Trinajstić information content (AvgIpc) is 2.81. The number of rotatable bonds is 7. The van der Waals surface area contributed by atoms with Crippen LogP contribution >= 0.6 is 11.8 Å². The standard InChI is InChI=1S/C10H16N2O4S/c13-7-11-8(10(15)16)5-17-6-9(14)12-3-1-2-4-12/h7-8H,1-6H2,(H,11,13)(H,15,16). The molecule has 0 radical (unpaired) electrons. The second kappa shape index (κ2) is 7.16. The van der Waals surface area contributed by atoms with Crippen LogP contribution in [0.15, 0.2) is 0 Å². The highest BCUT2D eigenvalue weighted by Gasteiger charge is 2.20. The Kier molecular flexibility index (Phi) is 5.82. The highest BCUT2D eigenvalue weighted by molar-refractivity contribution is 8.00. The highest BCUT2D eigenvalue weighted by atomic mass is 32.2. The predicted molar refractivity (Wildman–Crippen MR) is 63.8 cm³/mol. The largest absolute Gasteiger partial charge is 0.480 e. The first-order chi connectivity index (χ1) is 8.15. The van der Waals surface area contributed by atoms with Crippen molar-refractivity contribution < 1.29 is 19.5 Å². The molecule has 7 heteroatoms. The van der Waals surface area contributed by atoms with E-state index in [1.807, 2.05) is 0 Å². The molecule has 0 bridgehead atoms. The van der Waals surface area contributed by atoms with Crippen molar-refractivity contribution in [3.05, 3.63) is 0 Å². The van der Waals surface area contributed by atoms with Gasteiger partial charge in [-0.25, -0.2) is 4.79 Å². The summed E-state index contributed by atoms with van der Waals surface area (Å²) in [6, 6.07) is -0.927. The second-order valence-electron chi connectivity index (χ2n) is 3.78. The molecule has 1 aliphatic heterocycles. The minimum Gasteiger partial charge on any atom is -0.480 e. The van der Waals surface area contributed by atoms with E-state index in [9.17, 15) is 14.4 Å². The maximum atomic E-state index is 11.6. The van der Waals surface area contributed by atoms with Gasteiger partial charge in [-0.05, 0) is 12.8 Å². The van der Waals surface area contributed by atoms with Gasteiger partial charge in [0.1, 0.15) is 6.04 Å². The minimum absolute atomic E-state index is 0.0442. The number of likely N-dealkylation sites (tertiary alicyclic amines) is 1. The Labute approximate surface area is 104 Å². The Morgan fingerprint density at radius 2 is 2.06 bits per heavy atom. The Morgan fingerprint density at radius 1 is 1.41 bits per heavy atom. The summed E-state index contributed by atoms with van der Waals surface area (Å²) in [4.78, 5) is 34.3. The number of nitrogens with zero attached hydrogens (tertiary/aromatic N) is 1. The van der Waals surface area contributed by atoms with Crippen LogP contribution in [0.25, 0.3) is 0 Å². The van der Waals surface area contributed by atoms with Crippen LogP contribution in [0.3, 0.4) is 0 Å². The van der Waals surface area contributed by atoms with Gasteiger partial charge in [0.05, 0.1) is 5.75 Å². The van der Waals surface area contributed by atoms with Crippen molar-refractivity contribution in [2.75, 3.05) is 24.6 Å². The molecule has 0 saturated carbocycles. The molecule has 0 aliphatic carbocycles. The zero-order valence-electron chi connectivity index (χ0n) is 9.42. The quantitative estimate of drug-likeness (QED) is 0.605. The molecule has 1 fully saturated rings. The molecule has 2 N–H and O–H groups in total. The third-order valence-electron chi connectivity index (χ3n) is 2.54. The number of thioether (sulfide) groups is 1. The summed E-state index contributed by atoms with van der Waals surface area (Å²) in [6.45, 7) is 1.60. The van der Waals surface area contributed by atoms with Crippen molar-refractivity contribution >= 4 is 30.0 Å². The van der Waals surface area contributed by atoms with Crippen molar-refractivity contribution in [1.82, 2.24) is 10.2 Å². The van der Waals surface area contributed by atoms with Crippen LogP contribution in [0, 0.1) is 0 Å². The fourth-order valence-corrected chi connectivity index (χ4v) is 2.54. The molecule has 0 aromatic carbocycles. The van der Waals surface area contributed by atoms with E-state index in [0.29, 0.717) is 6.41 Å². The number of carboxylic acid groups (broad SMARTS) is 1. The second-order valence-corrected chi connectivity index (χ2v) is 4.81. The summed E-state index contributed by atoms with van der Waals surface area (Å²) < 4.78 is 0. The number of carboxylic acids is 1. The fourth-order valence-electron chi connectivity index (χ4n) is 1.59. The molecule has 1 unspecified atom stereocenters. The first-order valence-electron chi connectivity index (χ1n) is 5.43. The van der Waals surface area contributed by atoms with Gasteiger partial charge in [0.15, 0.2) is 0 Å². The molecular weight excluding hydrogens is 244 g/mol. The van der Waals surface area contributed by atoms with E-state index in [0.717, 1.165) is 25.9 Å². The molecular formula is C10H16N2O4S. The third kappa shape index (κ3) is 4.64. The van der Waals surface area contributed by atoms with E-state index < -0.39 is 12.0 Å². The van der Waals surface area contributed by atoms with Crippen LogP contribution in [0.1, 0.15) is 12.8 Å². The summed E-state index contributed by atoms with van der Waals surface area (Å²) in [5.41, 5.74) is 0. The summed E-state index contributed by atoms with van der Waals surface area (Å²) in [6.07, 6.45) is 2.45. The van der Waals surface area contributed by atoms with Gasteiger partial charge in [0, 0.05) is 18.8 Å². The van der Waals surface area contributed by atoms with Gasteiger partial charge >= 0.3 is 5.97 Å². The van der Waals surface area contributed by atoms with Gasteiger partial charge in [0.2, 0.25) is 12.3 Å². The van der Waals surface area contributed by atoms with E-state index in [2.05, 4.69) is 5.32 Å². The summed E-state index contributed by atoms with van der Waals surface area (Å²) in [5, 5.41) is 11.0. The lowest BCUT2D eigenvalue weighted by atomic mass is 10.3. The normalized spacial score (nSPS) is 16.6. The van der Waals surface area contributed by atoms with E-state index in [-0.39, 0.29) is 17.4 Å². The van der Waals surface area contributed by atoms with Crippen molar-refractivity contribution in [2.45, 2.75) is 18.9 Å². The molecule has 2 amide bonds. The van der Waals surface area contributed by atoms with Crippen LogP contribution in [0.4, 0.5) is 0 Å². The molecule has 0 aromatic rings. The molecule has 1 saturated heterocycles. The lowest BCUT2D eigenvalue weighted by Crippen LogP contribution is -2.38. The number of nitrogens with one attached hydrogen (secondary N) is 1. The van der Waals surface area contributed by atoms with Gasteiger partial charge in [-0.15, -0.1) is 11.8 Å². The number of hydrogen-bond donors (Lipinski definition) is 2. The SMILES string of the molecule is O=CNC(CSCC(=O)N1CCCC1)C(=O)O. The van der Waals surface area contributed by atoms with Crippen LogP contribution in [0.2, 0.25) is 0 Å². The summed E-state index contributed by atoms with van der Waals surface area (Å²) >= 11 is 1.23. The van der Waals surface area contributed by atoms with Crippen LogP contribution in [0.5, 0.6) is 0 Å². The molecule has 96 valence electrons. The van der Waals surface area contributed by atoms with E-state index in [1.165, 1.54) is 11.8 Å². The smallest absolute Gasteiger partial charge is 0.327 e. The monoisotopic (exact) mass is 260 g/mol. The highest BCUT2D eigenvalue weighted by Crippen LogP contribution is 2.11. The molecule has 1 aliphatic rings. The average molecular weight is 260 g/mol. The van der Waals surface area contributed by atoms with Gasteiger partial charge in [0.25, 0.3) is 0 Å². The first kappa shape index (κ1) is 13.8. The maximum Gasteiger partial charge on any atom is 0.327 e. The van der Waals surface area contributed by atoms with Crippen molar-refractivity contribution in [1.29, 1.82) is 0 Å². The molecule has 17 heavy (non-hydrogen) atoms. The number of carbonyl (C=O) groups is 3. The Hall–Kier alpha value is -1.24. The number of amides is 2. The molecule has 0 spiro atoms. The fraction of sp³-hybridized carbons (Fsp3) is 0.700. The van der Waals surface area contributed by atoms with Crippen molar-refractivity contribution in [2.24, 2.45) is 0 Å². The Balaban J connectivity index is 2.22. The van der Waals surface area contributed by atoms with Gasteiger partial charge in [-0.1, -0.05) is 0 Å².